The van der Waals surface area contributed by atoms with E-state index in [2.05, 4.69) is 12.2 Å². The van der Waals surface area contributed by atoms with E-state index in [1.807, 2.05) is 24.3 Å². The van der Waals surface area contributed by atoms with Gasteiger partial charge in [-0.2, -0.15) is 0 Å². The Balaban J connectivity index is 2.11. The van der Waals surface area contributed by atoms with Crippen molar-refractivity contribution < 1.29 is 4.79 Å². The van der Waals surface area contributed by atoms with E-state index in [1.165, 1.54) is 0 Å². The molecule has 2 aromatic rings. The third kappa shape index (κ3) is 3.08. The van der Waals surface area contributed by atoms with Crippen LogP contribution >= 0.6 is 11.6 Å². The van der Waals surface area contributed by atoms with E-state index in [9.17, 15) is 4.79 Å². The highest BCUT2D eigenvalue weighted by Gasteiger charge is 2.05. The lowest BCUT2D eigenvalue weighted by Crippen LogP contribution is -2.11. The summed E-state index contributed by atoms with van der Waals surface area (Å²) in [6, 6.07) is 14.1. The molecule has 0 fully saturated rings. The molecule has 1 amide bonds. The zero-order chi connectivity index (χ0) is 12.3. The molecule has 0 saturated heterocycles. The van der Waals surface area contributed by atoms with Gasteiger partial charge in [0.1, 0.15) is 0 Å². The molecule has 0 aliphatic heterocycles. The van der Waals surface area contributed by atoms with Gasteiger partial charge in [-0.3, -0.25) is 4.79 Å². The predicted octanol–water partition coefficient (Wildman–Crippen LogP) is 3.77. The Labute approximate surface area is 105 Å². The number of carbonyl (C=O) groups is 1. The van der Waals surface area contributed by atoms with Crippen LogP contribution in [0.5, 0.6) is 0 Å². The van der Waals surface area contributed by atoms with Crippen molar-refractivity contribution in [1.82, 2.24) is 0 Å². The molecule has 0 atom stereocenters. The minimum absolute atomic E-state index is 0.154. The van der Waals surface area contributed by atoms with Crippen molar-refractivity contribution >= 4 is 23.2 Å². The maximum absolute atomic E-state index is 11.8. The summed E-state index contributed by atoms with van der Waals surface area (Å²) < 4.78 is 0. The molecule has 2 aromatic carbocycles. The van der Waals surface area contributed by atoms with E-state index >= 15 is 0 Å². The van der Waals surface area contributed by atoms with Crippen LogP contribution in [0.1, 0.15) is 15.9 Å². The topological polar surface area (TPSA) is 29.1 Å². The van der Waals surface area contributed by atoms with Crippen LogP contribution in [0.2, 0.25) is 5.02 Å². The number of hydrogen-bond donors (Lipinski definition) is 1. The molecular weight excluding hydrogens is 234 g/mol. The van der Waals surface area contributed by atoms with Crippen LogP contribution in [0.25, 0.3) is 0 Å². The zero-order valence-electron chi connectivity index (χ0n) is 9.11. The smallest absolute Gasteiger partial charge is 0.255 e. The minimum Gasteiger partial charge on any atom is -0.322 e. The van der Waals surface area contributed by atoms with Crippen LogP contribution < -0.4 is 5.32 Å². The van der Waals surface area contributed by atoms with Crippen molar-refractivity contribution in [3.63, 3.8) is 0 Å². The van der Waals surface area contributed by atoms with E-state index in [-0.39, 0.29) is 5.91 Å². The third-order valence-corrected chi connectivity index (χ3v) is 2.57. The molecule has 0 heterocycles. The quantitative estimate of drug-likeness (QED) is 0.856. The lowest BCUT2D eigenvalue weighted by atomic mass is 10.2. The van der Waals surface area contributed by atoms with E-state index in [4.69, 9.17) is 11.6 Å². The highest BCUT2D eigenvalue weighted by Crippen LogP contribution is 2.13. The normalized spacial score (nSPS) is 10.0. The molecule has 0 bridgehead atoms. The van der Waals surface area contributed by atoms with Gasteiger partial charge in [-0.25, -0.2) is 0 Å². The lowest BCUT2D eigenvalue weighted by Gasteiger charge is -2.05. The molecule has 1 N–H and O–H groups in total. The van der Waals surface area contributed by atoms with Crippen molar-refractivity contribution in [2.24, 2.45) is 0 Å². The average Bonchev–Trinajstić information content (AvgIpc) is 2.33. The second-order valence-electron chi connectivity index (χ2n) is 3.66. The van der Waals surface area contributed by atoms with Crippen LogP contribution in [0, 0.1) is 6.92 Å². The van der Waals surface area contributed by atoms with Gasteiger partial charge in [-0.05, 0) is 48.9 Å². The third-order valence-electron chi connectivity index (χ3n) is 2.32. The second-order valence-corrected chi connectivity index (χ2v) is 4.09. The first-order chi connectivity index (χ1) is 8.15. The molecule has 0 saturated carbocycles. The molecule has 0 aliphatic carbocycles. The lowest BCUT2D eigenvalue weighted by molar-refractivity contribution is 0.102. The monoisotopic (exact) mass is 244 g/mol. The molecular formula is C14H11ClNO. The van der Waals surface area contributed by atoms with Gasteiger partial charge in [0.05, 0.1) is 0 Å². The second kappa shape index (κ2) is 5.02. The number of rotatable bonds is 2. The Morgan fingerprint density at radius 1 is 1.00 bits per heavy atom. The van der Waals surface area contributed by atoms with Crippen molar-refractivity contribution in [3.05, 3.63) is 71.6 Å². The van der Waals surface area contributed by atoms with Crippen molar-refractivity contribution in [1.29, 1.82) is 0 Å². The van der Waals surface area contributed by atoms with Crippen LogP contribution in [-0.4, -0.2) is 5.91 Å². The standard InChI is InChI=1S/C14H11ClNO/c1-10-2-8-13(9-3-10)16-14(17)11-4-6-12(15)7-5-11/h2-9H,1H2,(H,16,17). The van der Waals surface area contributed by atoms with Gasteiger partial charge < -0.3 is 5.32 Å². The maximum Gasteiger partial charge on any atom is 0.255 e. The first kappa shape index (κ1) is 11.7. The van der Waals surface area contributed by atoms with Gasteiger partial charge in [0.25, 0.3) is 5.91 Å². The molecule has 1 radical (unpaired) electrons. The SMILES string of the molecule is [CH2]c1ccc(NC(=O)c2ccc(Cl)cc2)cc1. The van der Waals surface area contributed by atoms with E-state index in [1.54, 1.807) is 24.3 Å². The molecule has 3 heteroatoms. The fourth-order valence-electron chi connectivity index (χ4n) is 1.39. The number of amides is 1. The summed E-state index contributed by atoms with van der Waals surface area (Å²) in [7, 11) is 0. The number of carbonyl (C=O) groups excluding carboxylic acids is 1. The highest BCUT2D eigenvalue weighted by molar-refractivity contribution is 6.30. The molecule has 0 spiro atoms. The minimum atomic E-state index is -0.154. The summed E-state index contributed by atoms with van der Waals surface area (Å²) in [4.78, 5) is 11.8. The van der Waals surface area contributed by atoms with Gasteiger partial charge in [0, 0.05) is 16.3 Å². The number of nitrogens with one attached hydrogen (secondary N) is 1. The van der Waals surface area contributed by atoms with Crippen molar-refractivity contribution in [2.45, 2.75) is 0 Å². The number of anilines is 1. The summed E-state index contributed by atoms with van der Waals surface area (Å²) in [5.74, 6) is -0.154. The molecule has 17 heavy (non-hydrogen) atoms. The predicted molar refractivity (Wildman–Crippen MR) is 70.3 cm³/mol. The number of benzene rings is 2. The summed E-state index contributed by atoms with van der Waals surface area (Å²) >= 11 is 5.76. The first-order valence-electron chi connectivity index (χ1n) is 5.14. The van der Waals surface area contributed by atoms with Gasteiger partial charge in [0.2, 0.25) is 0 Å². The van der Waals surface area contributed by atoms with E-state index in [0.717, 1.165) is 11.3 Å². The Kier molecular flexibility index (Phi) is 3.45. The Morgan fingerprint density at radius 3 is 2.18 bits per heavy atom. The van der Waals surface area contributed by atoms with E-state index < -0.39 is 0 Å². The Bertz CT molecular complexity index is 517. The summed E-state index contributed by atoms with van der Waals surface area (Å²) in [6.45, 7) is 3.78. The largest absolute Gasteiger partial charge is 0.322 e. The molecule has 0 aromatic heterocycles. The number of halogens is 1. The number of hydrogen-bond acceptors (Lipinski definition) is 1. The van der Waals surface area contributed by atoms with Crippen LogP contribution in [0.4, 0.5) is 5.69 Å². The Hall–Kier alpha value is -1.80. The van der Waals surface area contributed by atoms with Gasteiger partial charge in [-0.1, -0.05) is 23.7 Å². The van der Waals surface area contributed by atoms with Crippen molar-refractivity contribution in [2.75, 3.05) is 5.32 Å². The Morgan fingerprint density at radius 2 is 1.59 bits per heavy atom. The van der Waals surface area contributed by atoms with Gasteiger partial charge in [0.15, 0.2) is 0 Å². The van der Waals surface area contributed by atoms with Crippen LogP contribution in [0.15, 0.2) is 48.5 Å². The summed E-state index contributed by atoms with van der Waals surface area (Å²) in [6.07, 6.45) is 0. The van der Waals surface area contributed by atoms with Gasteiger partial charge in [-0.15, -0.1) is 0 Å². The van der Waals surface area contributed by atoms with Crippen LogP contribution in [-0.2, 0) is 0 Å². The molecule has 85 valence electrons. The first-order valence-corrected chi connectivity index (χ1v) is 5.52. The zero-order valence-corrected chi connectivity index (χ0v) is 9.87. The molecule has 2 rings (SSSR count). The highest BCUT2D eigenvalue weighted by atomic mass is 35.5. The maximum atomic E-state index is 11.8. The fourth-order valence-corrected chi connectivity index (χ4v) is 1.52. The summed E-state index contributed by atoms with van der Waals surface area (Å²) in [5.41, 5.74) is 2.24. The molecule has 2 nitrogen and oxygen atoms in total. The average molecular weight is 245 g/mol. The van der Waals surface area contributed by atoms with E-state index in [0.29, 0.717) is 10.6 Å². The fraction of sp³-hybridized carbons (Fsp3) is 0. The van der Waals surface area contributed by atoms with Crippen LogP contribution in [0.3, 0.4) is 0 Å². The molecule has 0 unspecified atom stereocenters. The van der Waals surface area contributed by atoms with Gasteiger partial charge >= 0.3 is 0 Å². The summed E-state index contributed by atoms with van der Waals surface area (Å²) in [5, 5.41) is 3.41. The van der Waals surface area contributed by atoms with Crippen molar-refractivity contribution in [3.8, 4) is 0 Å². The molecule has 0 aliphatic rings.